The van der Waals surface area contributed by atoms with Gasteiger partial charge >= 0.3 is 0 Å². The van der Waals surface area contributed by atoms with E-state index in [0.29, 0.717) is 26.3 Å². The number of Topliss-reactive ketones (excluding diaryl/α,β-unsaturated/α-hetero) is 1. The summed E-state index contributed by atoms with van der Waals surface area (Å²) in [6, 6.07) is 1.76. The first-order valence-corrected chi connectivity index (χ1v) is 5.78. The Labute approximate surface area is 101 Å². The molecular weight excluding hydrogens is 220 g/mol. The van der Waals surface area contributed by atoms with Crippen molar-refractivity contribution in [3.05, 3.63) is 24.0 Å². The molecule has 2 rings (SSSR count). The highest BCUT2D eigenvalue weighted by atomic mass is 16.5. The number of rotatable bonds is 4. The van der Waals surface area contributed by atoms with Crippen LogP contribution in [0.5, 0.6) is 0 Å². The van der Waals surface area contributed by atoms with Crippen LogP contribution in [-0.2, 0) is 11.8 Å². The second-order valence-corrected chi connectivity index (χ2v) is 4.37. The van der Waals surface area contributed by atoms with Crippen LogP contribution in [0.25, 0.3) is 0 Å². The van der Waals surface area contributed by atoms with Gasteiger partial charge in [0.1, 0.15) is 0 Å². The number of aryl methyl sites for hydroxylation is 1. The van der Waals surface area contributed by atoms with Crippen LogP contribution in [0.4, 0.5) is 0 Å². The lowest BCUT2D eigenvalue weighted by molar-refractivity contribution is -0.0240. The quantitative estimate of drug-likeness (QED) is 0.744. The van der Waals surface area contributed by atoms with Gasteiger partial charge in [-0.3, -0.25) is 9.69 Å². The van der Waals surface area contributed by atoms with E-state index in [1.54, 1.807) is 0 Å². The number of morpholine rings is 1. The molecule has 0 aliphatic carbocycles. The van der Waals surface area contributed by atoms with E-state index in [1.807, 2.05) is 35.0 Å². The van der Waals surface area contributed by atoms with E-state index in [9.17, 15) is 9.90 Å². The zero-order valence-electron chi connectivity index (χ0n) is 10.0. The molecule has 1 aromatic heterocycles. The van der Waals surface area contributed by atoms with Crippen molar-refractivity contribution in [2.45, 2.75) is 6.04 Å². The molecule has 94 valence electrons. The van der Waals surface area contributed by atoms with Gasteiger partial charge in [0, 0.05) is 31.5 Å². The number of aliphatic hydroxyl groups excluding tert-OH is 1. The Hall–Kier alpha value is -1.17. The van der Waals surface area contributed by atoms with E-state index in [0.717, 1.165) is 5.56 Å². The summed E-state index contributed by atoms with van der Waals surface area (Å²) >= 11 is 0. The van der Waals surface area contributed by atoms with Crippen molar-refractivity contribution in [1.29, 1.82) is 0 Å². The summed E-state index contributed by atoms with van der Waals surface area (Å²) in [5, 5.41) is 9.21. The zero-order valence-corrected chi connectivity index (χ0v) is 10.0. The molecule has 17 heavy (non-hydrogen) atoms. The molecule has 0 amide bonds. The van der Waals surface area contributed by atoms with Gasteiger partial charge in [-0.15, -0.1) is 0 Å². The van der Waals surface area contributed by atoms with Crippen molar-refractivity contribution in [2.75, 3.05) is 32.9 Å². The van der Waals surface area contributed by atoms with Gasteiger partial charge in [-0.05, 0) is 6.07 Å². The number of hydrogen-bond donors (Lipinski definition) is 1. The van der Waals surface area contributed by atoms with E-state index in [4.69, 9.17) is 4.74 Å². The van der Waals surface area contributed by atoms with Crippen molar-refractivity contribution in [3.63, 3.8) is 0 Å². The van der Waals surface area contributed by atoms with Gasteiger partial charge in [-0.1, -0.05) is 0 Å². The SMILES string of the molecule is Cn1ccc(C(=O)CN2CCOCC2CO)c1. The molecule has 1 fully saturated rings. The van der Waals surface area contributed by atoms with Crippen molar-refractivity contribution in [1.82, 2.24) is 9.47 Å². The number of carbonyl (C=O) groups excluding carboxylic acids is 1. The molecule has 2 heterocycles. The van der Waals surface area contributed by atoms with Crippen LogP contribution in [0.1, 0.15) is 10.4 Å². The van der Waals surface area contributed by atoms with Crippen molar-refractivity contribution in [3.8, 4) is 0 Å². The first-order valence-electron chi connectivity index (χ1n) is 5.78. The second kappa shape index (κ2) is 5.44. The number of nitrogens with zero attached hydrogens (tertiary/aromatic N) is 2. The van der Waals surface area contributed by atoms with Gasteiger partial charge in [0.15, 0.2) is 5.78 Å². The van der Waals surface area contributed by atoms with Crippen molar-refractivity contribution < 1.29 is 14.6 Å². The smallest absolute Gasteiger partial charge is 0.178 e. The zero-order chi connectivity index (χ0) is 12.3. The number of hydrogen-bond acceptors (Lipinski definition) is 4. The highest BCUT2D eigenvalue weighted by Gasteiger charge is 2.24. The number of aliphatic hydroxyl groups is 1. The standard InChI is InChI=1S/C12H18N2O3/c1-13-3-2-10(6-13)12(16)7-14-4-5-17-9-11(14)8-15/h2-3,6,11,15H,4-5,7-9H2,1H3. The normalized spacial score (nSPS) is 21.6. The predicted octanol–water partition coefficient (Wildman–Crippen LogP) is -0.0991. The Bertz CT molecular complexity index is 389. The molecule has 0 aromatic carbocycles. The number of ketones is 1. The third kappa shape index (κ3) is 2.94. The molecular formula is C12H18N2O3. The van der Waals surface area contributed by atoms with Gasteiger partial charge in [-0.25, -0.2) is 0 Å². The summed E-state index contributed by atoms with van der Waals surface area (Å²) in [5.74, 6) is 0.0888. The maximum atomic E-state index is 12.0. The summed E-state index contributed by atoms with van der Waals surface area (Å²) < 4.78 is 7.13. The maximum Gasteiger partial charge on any atom is 0.178 e. The maximum absolute atomic E-state index is 12.0. The van der Waals surface area contributed by atoms with Gasteiger partial charge < -0.3 is 14.4 Å². The summed E-state index contributed by atoms with van der Waals surface area (Å²) in [6.45, 7) is 2.20. The van der Waals surface area contributed by atoms with E-state index >= 15 is 0 Å². The molecule has 1 aliphatic rings. The van der Waals surface area contributed by atoms with Crippen molar-refractivity contribution in [2.24, 2.45) is 7.05 Å². The summed E-state index contributed by atoms with van der Waals surface area (Å²) in [6.07, 6.45) is 3.67. The highest BCUT2D eigenvalue weighted by molar-refractivity contribution is 5.97. The number of carbonyl (C=O) groups is 1. The first-order chi connectivity index (χ1) is 8.20. The molecule has 0 radical (unpaired) electrons. The molecule has 1 unspecified atom stereocenters. The number of aromatic nitrogens is 1. The Morgan fingerprint density at radius 3 is 3.12 bits per heavy atom. The highest BCUT2D eigenvalue weighted by Crippen LogP contribution is 2.09. The minimum Gasteiger partial charge on any atom is -0.395 e. The summed E-state index contributed by atoms with van der Waals surface area (Å²) in [5.41, 5.74) is 0.718. The Balaban J connectivity index is 1.97. The fraction of sp³-hybridized carbons (Fsp3) is 0.583. The molecule has 1 atom stereocenters. The van der Waals surface area contributed by atoms with Gasteiger partial charge in [0.05, 0.1) is 32.4 Å². The Kier molecular flexibility index (Phi) is 3.93. The summed E-state index contributed by atoms with van der Waals surface area (Å²) in [4.78, 5) is 14.0. The van der Waals surface area contributed by atoms with Crippen LogP contribution < -0.4 is 0 Å². The van der Waals surface area contributed by atoms with E-state index in [1.165, 1.54) is 0 Å². The minimum atomic E-state index is -0.0589. The monoisotopic (exact) mass is 238 g/mol. The number of ether oxygens (including phenoxy) is 1. The molecule has 1 saturated heterocycles. The van der Waals surface area contributed by atoms with Crippen LogP contribution in [0, 0.1) is 0 Å². The molecule has 5 heteroatoms. The van der Waals surface area contributed by atoms with Crippen LogP contribution in [0.2, 0.25) is 0 Å². The molecule has 0 bridgehead atoms. The van der Waals surface area contributed by atoms with Crippen LogP contribution in [0.15, 0.2) is 18.5 Å². The van der Waals surface area contributed by atoms with Crippen LogP contribution in [0.3, 0.4) is 0 Å². The van der Waals surface area contributed by atoms with Crippen molar-refractivity contribution >= 4 is 5.78 Å². The molecule has 5 nitrogen and oxygen atoms in total. The Morgan fingerprint density at radius 1 is 1.65 bits per heavy atom. The molecule has 0 spiro atoms. The second-order valence-electron chi connectivity index (χ2n) is 4.37. The molecule has 1 aromatic rings. The third-order valence-corrected chi connectivity index (χ3v) is 3.06. The fourth-order valence-electron chi connectivity index (χ4n) is 2.01. The van der Waals surface area contributed by atoms with Crippen LogP contribution in [-0.4, -0.2) is 59.3 Å². The van der Waals surface area contributed by atoms with Gasteiger partial charge in [0.2, 0.25) is 0 Å². The topological polar surface area (TPSA) is 54.7 Å². The van der Waals surface area contributed by atoms with E-state index < -0.39 is 0 Å². The van der Waals surface area contributed by atoms with Gasteiger partial charge in [-0.2, -0.15) is 0 Å². The average molecular weight is 238 g/mol. The molecule has 0 saturated carbocycles. The lowest BCUT2D eigenvalue weighted by atomic mass is 10.1. The third-order valence-electron chi connectivity index (χ3n) is 3.06. The molecule has 1 N–H and O–H groups in total. The predicted molar refractivity (Wildman–Crippen MR) is 63.0 cm³/mol. The Morgan fingerprint density at radius 2 is 2.47 bits per heavy atom. The van der Waals surface area contributed by atoms with E-state index in [2.05, 4.69) is 0 Å². The lowest BCUT2D eigenvalue weighted by Gasteiger charge is -2.33. The largest absolute Gasteiger partial charge is 0.395 e. The average Bonchev–Trinajstić information content (AvgIpc) is 2.77. The minimum absolute atomic E-state index is 0.0298. The molecule has 1 aliphatic heterocycles. The summed E-state index contributed by atoms with van der Waals surface area (Å²) in [7, 11) is 1.89. The van der Waals surface area contributed by atoms with E-state index in [-0.39, 0.29) is 18.4 Å². The fourth-order valence-corrected chi connectivity index (χ4v) is 2.01. The van der Waals surface area contributed by atoms with Gasteiger partial charge in [0.25, 0.3) is 0 Å². The first kappa shape index (κ1) is 12.3. The lowest BCUT2D eigenvalue weighted by Crippen LogP contribution is -2.49. The van der Waals surface area contributed by atoms with Crippen LogP contribution >= 0.6 is 0 Å².